The van der Waals surface area contributed by atoms with E-state index in [0.29, 0.717) is 11.5 Å². The Balaban J connectivity index is 1.80. The number of para-hydroxylation sites is 1. The summed E-state index contributed by atoms with van der Waals surface area (Å²) >= 11 is 12.3. The molecule has 24 heavy (non-hydrogen) atoms. The molecule has 0 atom stereocenters. The second-order valence-corrected chi connectivity index (χ2v) is 5.53. The summed E-state index contributed by atoms with van der Waals surface area (Å²) in [7, 11) is 0. The van der Waals surface area contributed by atoms with Gasteiger partial charge in [0, 0.05) is 11.3 Å². The molecule has 0 spiro atoms. The van der Waals surface area contributed by atoms with E-state index >= 15 is 0 Å². The van der Waals surface area contributed by atoms with Crippen molar-refractivity contribution in [1.82, 2.24) is 9.97 Å². The van der Waals surface area contributed by atoms with Crippen LogP contribution in [0.3, 0.4) is 0 Å². The molecule has 2 N–H and O–H groups in total. The van der Waals surface area contributed by atoms with Crippen LogP contribution in [0, 0.1) is 0 Å². The first-order valence-corrected chi connectivity index (χ1v) is 7.80. The third-order valence-electron chi connectivity index (χ3n) is 3.12. The van der Waals surface area contributed by atoms with Crippen LogP contribution >= 0.6 is 23.2 Å². The largest absolute Gasteiger partial charge is 0.323 e. The highest BCUT2D eigenvalue weighted by Crippen LogP contribution is 2.30. The molecular weight excluding hydrogens is 347 g/mol. The van der Waals surface area contributed by atoms with Crippen molar-refractivity contribution in [3.8, 4) is 11.4 Å². The number of anilines is 2. The summed E-state index contributed by atoms with van der Waals surface area (Å²) < 4.78 is 0. The van der Waals surface area contributed by atoms with Gasteiger partial charge in [0.2, 0.25) is 0 Å². The number of hydrogen-bond acceptors (Lipinski definition) is 3. The van der Waals surface area contributed by atoms with Gasteiger partial charge < -0.3 is 10.6 Å². The van der Waals surface area contributed by atoms with E-state index in [0.717, 1.165) is 5.56 Å². The summed E-state index contributed by atoms with van der Waals surface area (Å²) in [4.78, 5) is 20.4. The number of halogens is 2. The van der Waals surface area contributed by atoms with Crippen LogP contribution in [0.2, 0.25) is 10.3 Å². The van der Waals surface area contributed by atoms with Crippen molar-refractivity contribution < 1.29 is 4.79 Å². The van der Waals surface area contributed by atoms with Gasteiger partial charge in [0.25, 0.3) is 0 Å². The fourth-order valence-corrected chi connectivity index (χ4v) is 2.51. The van der Waals surface area contributed by atoms with Gasteiger partial charge in [-0.1, -0.05) is 71.7 Å². The van der Waals surface area contributed by atoms with E-state index in [1.807, 2.05) is 48.5 Å². The van der Waals surface area contributed by atoms with Gasteiger partial charge in [-0.3, -0.25) is 0 Å². The minimum atomic E-state index is -0.485. The van der Waals surface area contributed by atoms with Crippen LogP contribution in [0.5, 0.6) is 0 Å². The fourth-order valence-electron chi connectivity index (χ4n) is 2.02. The van der Waals surface area contributed by atoms with Gasteiger partial charge in [-0.2, -0.15) is 0 Å². The molecule has 0 aliphatic heterocycles. The predicted octanol–water partition coefficient (Wildman–Crippen LogP) is 5.09. The Kier molecular flexibility index (Phi) is 4.93. The molecule has 3 aromatic rings. The normalized spacial score (nSPS) is 10.2. The van der Waals surface area contributed by atoms with E-state index in [1.165, 1.54) is 0 Å². The first kappa shape index (κ1) is 16.2. The molecule has 0 aliphatic rings. The maximum Gasteiger partial charge on any atom is 0.323 e. The molecule has 0 fully saturated rings. The highest BCUT2D eigenvalue weighted by molar-refractivity contribution is 6.38. The van der Waals surface area contributed by atoms with Crippen LogP contribution in [0.4, 0.5) is 16.2 Å². The monoisotopic (exact) mass is 358 g/mol. The number of urea groups is 1. The van der Waals surface area contributed by atoms with Gasteiger partial charge in [-0.15, -0.1) is 0 Å². The number of carbonyl (C=O) groups excluding carboxylic acids is 1. The zero-order valence-electron chi connectivity index (χ0n) is 12.3. The molecule has 2 aromatic carbocycles. The molecule has 0 radical (unpaired) electrons. The number of hydrogen-bond donors (Lipinski definition) is 2. The van der Waals surface area contributed by atoms with E-state index in [9.17, 15) is 4.79 Å². The van der Waals surface area contributed by atoms with E-state index in [4.69, 9.17) is 23.2 Å². The number of amides is 2. The maximum absolute atomic E-state index is 12.0. The number of nitrogens with one attached hydrogen (secondary N) is 2. The Labute approximate surface area is 148 Å². The van der Waals surface area contributed by atoms with Crippen LogP contribution in [0.1, 0.15) is 0 Å². The minimum absolute atomic E-state index is 0.0667. The van der Waals surface area contributed by atoms with Crippen molar-refractivity contribution >= 4 is 40.6 Å². The molecule has 0 saturated carbocycles. The van der Waals surface area contributed by atoms with E-state index in [1.54, 1.807) is 12.1 Å². The van der Waals surface area contributed by atoms with E-state index in [-0.39, 0.29) is 16.0 Å². The van der Waals surface area contributed by atoms with Crippen LogP contribution in [0.25, 0.3) is 11.4 Å². The number of carbonyl (C=O) groups is 1. The first-order chi connectivity index (χ1) is 11.6. The molecule has 5 nitrogen and oxygen atoms in total. The molecular formula is C17H12Cl2N4O. The maximum atomic E-state index is 12.0. The first-order valence-electron chi connectivity index (χ1n) is 7.05. The summed E-state index contributed by atoms with van der Waals surface area (Å²) in [5, 5.41) is 5.37. The molecule has 120 valence electrons. The second-order valence-electron chi connectivity index (χ2n) is 4.82. The van der Waals surface area contributed by atoms with Crippen LogP contribution < -0.4 is 10.6 Å². The number of aromatic nitrogens is 2. The number of rotatable bonds is 3. The topological polar surface area (TPSA) is 66.9 Å². The van der Waals surface area contributed by atoms with Crippen molar-refractivity contribution in [2.24, 2.45) is 0 Å². The van der Waals surface area contributed by atoms with Crippen molar-refractivity contribution in [3.05, 3.63) is 71.0 Å². The van der Waals surface area contributed by atoms with Gasteiger partial charge >= 0.3 is 6.03 Å². The molecule has 0 aliphatic carbocycles. The lowest BCUT2D eigenvalue weighted by molar-refractivity contribution is 0.262. The Bertz CT molecular complexity index is 834. The Hall–Kier alpha value is -2.63. The average Bonchev–Trinajstić information content (AvgIpc) is 2.59. The minimum Gasteiger partial charge on any atom is -0.308 e. The third-order valence-corrected chi connectivity index (χ3v) is 3.67. The smallest absolute Gasteiger partial charge is 0.308 e. The predicted molar refractivity (Wildman–Crippen MR) is 96.6 cm³/mol. The molecule has 1 heterocycles. The van der Waals surface area contributed by atoms with Gasteiger partial charge in [0.15, 0.2) is 16.1 Å². The third kappa shape index (κ3) is 3.82. The zero-order chi connectivity index (χ0) is 16.9. The summed E-state index contributed by atoms with van der Waals surface area (Å²) in [5.41, 5.74) is 1.58. The number of nitrogens with zero attached hydrogens (tertiary/aromatic N) is 2. The lowest BCUT2D eigenvalue weighted by atomic mass is 10.2. The van der Waals surface area contributed by atoms with E-state index in [2.05, 4.69) is 20.6 Å². The Morgan fingerprint density at radius 3 is 1.92 bits per heavy atom. The highest BCUT2D eigenvalue weighted by atomic mass is 35.5. The van der Waals surface area contributed by atoms with Crippen molar-refractivity contribution in [3.63, 3.8) is 0 Å². The van der Waals surface area contributed by atoms with Gasteiger partial charge in [0.1, 0.15) is 5.69 Å². The molecule has 0 bridgehead atoms. The van der Waals surface area contributed by atoms with Gasteiger partial charge in [0.05, 0.1) is 0 Å². The van der Waals surface area contributed by atoms with Gasteiger partial charge in [-0.25, -0.2) is 14.8 Å². The van der Waals surface area contributed by atoms with Crippen molar-refractivity contribution in [1.29, 1.82) is 0 Å². The van der Waals surface area contributed by atoms with Crippen molar-refractivity contribution in [2.45, 2.75) is 0 Å². The fraction of sp³-hybridized carbons (Fsp3) is 0. The summed E-state index contributed by atoms with van der Waals surface area (Å²) in [6.45, 7) is 0. The SMILES string of the molecule is O=C(Nc1ccccc1)Nc1c(Cl)nc(-c2ccccc2)nc1Cl. The lowest BCUT2D eigenvalue weighted by Crippen LogP contribution is -2.20. The molecule has 0 unspecified atom stereocenters. The zero-order valence-corrected chi connectivity index (χ0v) is 13.8. The summed E-state index contributed by atoms with van der Waals surface area (Å²) in [6.07, 6.45) is 0. The van der Waals surface area contributed by atoms with Gasteiger partial charge in [-0.05, 0) is 12.1 Å². The molecule has 3 rings (SSSR count). The number of benzene rings is 2. The van der Waals surface area contributed by atoms with E-state index < -0.39 is 6.03 Å². The molecule has 7 heteroatoms. The highest BCUT2D eigenvalue weighted by Gasteiger charge is 2.15. The van der Waals surface area contributed by atoms with Crippen molar-refractivity contribution in [2.75, 3.05) is 10.6 Å². The Morgan fingerprint density at radius 2 is 1.33 bits per heavy atom. The van der Waals surface area contributed by atoms with Crippen LogP contribution in [0.15, 0.2) is 60.7 Å². The Morgan fingerprint density at radius 1 is 0.792 bits per heavy atom. The standard InChI is InChI=1S/C17H12Cl2N4O/c18-14-13(21-17(24)20-12-9-5-2-6-10-12)15(19)23-16(22-14)11-7-3-1-4-8-11/h1-10H,(H2,20,21,24). The average molecular weight is 359 g/mol. The summed E-state index contributed by atoms with van der Waals surface area (Å²) in [5.74, 6) is 0.389. The van der Waals surface area contributed by atoms with Crippen LogP contribution in [-0.4, -0.2) is 16.0 Å². The molecule has 1 aromatic heterocycles. The quantitative estimate of drug-likeness (QED) is 0.640. The second kappa shape index (κ2) is 7.29. The molecule has 0 saturated heterocycles. The van der Waals surface area contributed by atoms with Crippen LogP contribution in [-0.2, 0) is 0 Å². The summed E-state index contributed by atoms with van der Waals surface area (Å²) in [6, 6.07) is 17.8. The lowest BCUT2D eigenvalue weighted by Gasteiger charge is -2.11. The molecule has 2 amide bonds.